The van der Waals surface area contributed by atoms with Gasteiger partial charge in [-0.3, -0.25) is 15.0 Å². The number of phenolic OH excluding ortho intramolecular Hbond substituents is 1. The molecule has 3 N–H and O–H groups in total. The Morgan fingerprint density at radius 1 is 1.24 bits per heavy atom. The van der Waals surface area contributed by atoms with Crippen LogP contribution in [-0.2, 0) is 6.54 Å². The number of halogens is 1. The first-order valence-electron chi connectivity index (χ1n) is 11.2. The summed E-state index contributed by atoms with van der Waals surface area (Å²) >= 11 is 0. The fraction of sp³-hybridized carbons (Fsp3) is 0.400. The lowest BCUT2D eigenvalue weighted by molar-refractivity contribution is 0.0952. The fourth-order valence-electron chi connectivity index (χ4n) is 4.74. The van der Waals surface area contributed by atoms with Crippen LogP contribution in [-0.4, -0.2) is 47.7 Å². The van der Waals surface area contributed by atoms with Gasteiger partial charge in [-0.25, -0.2) is 4.39 Å². The van der Waals surface area contributed by atoms with E-state index >= 15 is 0 Å². The van der Waals surface area contributed by atoms with Gasteiger partial charge in [-0.05, 0) is 55.5 Å². The van der Waals surface area contributed by atoms with Crippen LogP contribution in [0, 0.1) is 11.2 Å². The largest absolute Gasteiger partial charge is 0.505 e. The molecule has 0 aromatic heterocycles. The number of Topliss-reactive ketones (excluding diaryl/α,β-unsaturated/α-hetero) is 1. The molecule has 1 amide bonds. The van der Waals surface area contributed by atoms with E-state index in [9.17, 15) is 19.1 Å². The normalized spacial score (nSPS) is 15.6. The van der Waals surface area contributed by atoms with Crippen molar-refractivity contribution in [3.05, 3.63) is 57.9 Å². The van der Waals surface area contributed by atoms with Gasteiger partial charge in [-0.15, -0.1) is 0 Å². The van der Waals surface area contributed by atoms with E-state index in [4.69, 9.17) is 10.1 Å². The summed E-state index contributed by atoms with van der Waals surface area (Å²) in [6, 6.07) is 6.02. The number of hydrogen-bond acceptors (Lipinski definition) is 5. The zero-order valence-corrected chi connectivity index (χ0v) is 18.8. The smallest absolute Gasteiger partial charge is 0.254 e. The first-order valence-corrected chi connectivity index (χ1v) is 11.2. The maximum atomic E-state index is 14.4. The van der Waals surface area contributed by atoms with Crippen molar-refractivity contribution >= 4 is 17.5 Å². The van der Waals surface area contributed by atoms with Crippen LogP contribution in [0.25, 0.3) is 0 Å². The minimum atomic E-state index is -0.792. The Morgan fingerprint density at radius 3 is 2.64 bits per heavy atom. The van der Waals surface area contributed by atoms with Crippen LogP contribution in [0.3, 0.4) is 0 Å². The number of nitrogens with zero attached hydrogens (tertiary/aromatic N) is 1. The van der Waals surface area contributed by atoms with E-state index in [-0.39, 0.29) is 41.3 Å². The van der Waals surface area contributed by atoms with Gasteiger partial charge in [-0.2, -0.15) is 0 Å². The lowest BCUT2D eigenvalue weighted by atomic mass is 9.93. The van der Waals surface area contributed by atoms with Crippen molar-refractivity contribution in [1.82, 2.24) is 10.2 Å². The van der Waals surface area contributed by atoms with Gasteiger partial charge in [-0.1, -0.05) is 12.8 Å². The minimum absolute atomic E-state index is 0.0571. The molecule has 174 valence electrons. The number of carbonyl (C=O) groups is 2. The van der Waals surface area contributed by atoms with E-state index in [1.54, 1.807) is 23.1 Å². The lowest BCUT2D eigenvalue weighted by Crippen LogP contribution is -2.30. The Kier molecular flexibility index (Phi) is 6.35. The molecule has 1 heterocycles. The van der Waals surface area contributed by atoms with Gasteiger partial charge in [0.15, 0.2) is 17.3 Å². The number of benzene rings is 2. The van der Waals surface area contributed by atoms with E-state index in [1.807, 2.05) is 6.92 Å². The van der Waals surface area contributed by atoms with E-state index in [0.29, 0.717) is 35.6 Å². The van der Waals surface area contributed by atoms with Crippen LogP contribution in [0.2, 0.25) is 0 Å². The second-order valence-corrected chi connectivity index (χ2v) is 8.52. The zero-order valence-electron chi connectivity index (χ0n) is 18.8. The molecule has 1 aliphatic carbocycles. The molecule has 7 nitrogen and oxygen atoms in total. The van der Waals surface area contributed by atoms with E-state index in [0.717, 1.165) is 37.3 Å². The molecular weight excluding hydrogens is 425 g/mol. The Hall–Kier alpha value is -3.42. The molecule has 8 heteroatoms. The van der Waals surface area contributed by atoms with Crippen molar-refractivity contribution in [3.63, 3.8) is 0 Å². The number of rotatable bonds is 7. The summed E-state index contributed by atoms with van der Waals surface area (Å²) in [4.78, 5) is 26.9. The highest BCUT2D eigenvalue weighted by atomic mass is 19.1. The summed E-state index contributed by atoms with van der Waals surface area (Å²) in [6.07, 6.45) is 3.78. The van der Waals surface area contributed by atoms with Crippen molar-refractivity contribution in [3.8, 4) is 11.5 Å². The highest BCUT2D eigenvalue weighted by molar-refractivity contribution is 6.07. The highest BCUT2D eigenvalue weighted by Crippen LogP contribution is 2.40. The molecule has 0 atom stereocenters. The first kappa shape index (κ1) is 22.8. The van der Waals surface area contributed by atoms with Crippen LogP contribution >= 0.6 is 0 Å². The number of carbonyl (C=O) groups excluding carboxylic acids is 2. The van der Waals surface area contributed by atoms with Crippen molar-refractivity contribution < 1.29 is 23.8 Å². The van der Waals surface area contributed by atoms with Crippen LogP contribution in [0.1, 0.15) is 75.9 Å². The maximum absolute atomic E-state index is 14.4. The van der Waals surface area contributed by atoms with Crippen molar-refractivity contribution in [2.45, 2.75) is 45.1 Å². The third kappa shape index (κ3) is 4.29. The summed E-state index contributed by atoms with van der Waals surface area (Å²) < 4.78 is 20.0. The highest BCUT2D eigenvalue weighted by Gasteiger charge is 2.30. The molecule has 2 aromatic rings. The number of nitrogens with one attached hydrogen (secondary N) is 2. The van der Waals surface area contributed by atoms with Gasteiger partial charge in [0.25, 0.3) is 5.91 Å². The quantitative estimate of drug-likeness (QED) is 0.551. The Bertz CT molecular complexity index is 1130. The van der Waals surface area contributed by atoms with Gasteiger partial charge >= 0.3 is 0 Å². The van der Waals surface area contributed by atoms with Crippen molar-refractivity contribution in [2.75, 3.05) is 20.2 Å². The van der Waals surface area contributed by atoms with Crippen molar-refractivity contribution in [1.29, 1.82) is 5.41 Å². The molecule has 0 saturated heterocycles. The average molecular weight is 454 g/mol. The molecular formula is C25H28FN3O4. The number of ketones is 1. The van der Waals surface area contributed by atoms with E-state index in [1.165, 1.54) is 7.05 Å². The molecule has 4 rings (SSSR count). The summed E-state index contributed by atoms with van der Waals surface area (Å²) in [6.45, 7) is 2.41. The van der Waals surface area contributed by atoms with Crippen LogP contribution in [0.4, 0.5) is 4.39 Å². The standard InChI is InChI=1S/C25H28FN3O4/c1-3-33-22-10-16-12-29(24(27)18(16)11-19(22)25(32)28-2)13-21(30)15-8-17(14-6-4-5-7-14)23(31)20(26)9-15/h8-11,14,27,31H,3-7,12-13H2,1-2H3,(H,28,32). The number of ether oxygens (including phenoxy) is 1. The molecule has 0 spiro atoms. The molecule has 0 unspecified atom stereocenters. The molecule has 1 fully saturated rings. The third-order valence-electron chi connectivity index (χ3n) is 6.45. The minimum Gasteiger partial charge on any atom is -0.505 e. The van der Waals surface area contributed by atoms with E-state index in [2.05, 4.69) is 5.32 Å². The Morgan fingerprint density at radius 2 is 1.97 bits per heavy atom. The Balaban J connectivity index is 1.58. The summed E-state index contributed by atoms with van der Waals surface area (Å²) in [5, 5.41) is 21.3. The maximum Gasteiger partial charge on any atom is 0.254 e. The number of hydrogen-bond donors (Lipinski definition) is 3. The van der Waals surface area contributed by atoms with Gasteiger partial charge < -0.3 is 20.1 Å². The molecule has 1 aliphatic heterocycles. The van der Waals surface area contributed by atoms with Gasteiger partial charge in [0, 0.05) is 30.3 Å². The predicted octanol–water partition coefficient (Wildman–Crippen LogP) is 3.97. The molecule has 0 bridgehead atoms. The van der Waals surface area contributed by atoms with Crippen LogP contribution in [0.5, 0.6) is 11.5 Å². The molecule has 2 aliphatic rings. The van der Waals surface area contributed by atoms with E-state index < -0.39 is 5.82 Å². The fourth-order valence-corrected chi connectivity index (χ4v) is 4.74. The number of amides is 1. The monoisotopic (exact) mass is 453 g/mol. The molecule has 33 heavy (non-hydrogen) atoms. The van der Waals surface area contributed by atoms with Gasteiger partial charge in [0.1, 0.15) is 11.6 Å². The predicted molar refractivity (Wildman–Crippen MR) is 122 cm³/mol. The second kappa shape index (κ2) is 9.21. The van der Waals surface area contributed by atoms with Gasteiger partial charge in [0.05, 0.1) is 18.7 Å². The SMILES string of the molecule is CCOc1cc2c(cc1C(=O)NC)C(=N)N(CC(=O)c1cc(F)c(O)c(C3CCCC3)c1)C2. The summed E-state index contributed by atoms with van der Waals surface area (Å²) in [7, 11) is 1.53. The average Bonchev–Trinajstić information content (AvgIpc) is 3.43. The summed E-state index contributed by atoms with van der Waals surface area (Å²) in [5.41, 5.74) is 2.36. The number of fused-ring (bicyclic) bond motifs is 1. The molecule has 2 aromatic carbocycles. The molecule has 1 saturated carbocycles. The van der Waals surface area contributed by atoms with Crippen molar-refractivity contribution in [2.24, 2.45) is 0 Å². The third-order valence-corrected chi connectivity index (χ3v) is 6.45. The summed E-state index contributed by atoms with van der Waals surface area (Å²) in [5.74, 6) is -1.20. The Labute approximate surface area is 192 Å². The first-order chi connectivity index (χ1) is 15.8. The number of aromatic hydroxyl groups is 1. The number of amidine groups is 1. The lowest BCUT2D eigenvalue weighted by Gasteiger charge is -2.18. The topological polar surface area (TPSA) is 103 Å². The van der Waals surface area contributed by atoms with Gasteiger partial charge in [0.2, 0.25) is 0 Å². The van der Waals surface area contributed by atoms with Crippen LogP contribution in [0.15, 0.2) is 24.3 Å². The van der Waals surface area contributed by atoms with Crippen LogP contribution < -0.4 is 10.1 Å². The second-order valence-electron chi connectivity index (χ2n) is 8.52. The zero-order chi connectivity index (χ0) is 23.7. The number of phenols is 1. The molecule has 0 radical (unpaired) electrons.